The smallest absolute Gasteiger partial charge is 0.319 e. The molecule has 2 fully saturated rings. The van der Waals surface area contributed by atoms with Crippen molar-refractivity contribution in [1.82, 2.24) is 15.6 Å². The molecule has 7 nitrogen and oxygen atoms in total. The standard InChI is InChI=1S/C15H18N4O3/c20-13-12-9(6-17-13)4-10(7-16-12)18-14(21)19-11-5-15(22-8-11)2-1-3-15/h4,7,11H,1-3,5-6,8H2,(H,17,20)(H2,18,19,21)/t11-/m0/s1. The lowest BCUT2D eigenvalue weighted by molar-refractivity contribution is -0.0563. The molecule has 1 saturated heterocycles. The lowest BCUT2D eigenvalue weighted by atomic mass is 9.77. The van der Waals surface area contributed by atoms with Crippen LogP contribution in [0.5, 0.6) is 0 Å². The van der Waals surface area contributed by atoms with E-state index in [9.17, 15) is 9.59 Å². The molecule has 3 amide bonds. The van der Waals surface area contributed by atoms with Crippen molar-refractivity contribution < 1.29 is 14.3 Å². The Hall–Kier alpha value is -2.15. The molecule has 116 valence electrons. The molecule has 1 aliphatic carbocycles. The van der Waals surface area contributed by atoms with Gasteiger partial charge in [0.1, 0.15) is 5.69 Å². The Balaban J connectivity index is 1.35. The van der Waals surface area contributed by atoms with E-state index in [-0.39, 0.29) is 23.6 Å². The van der Waals surface area contributed by atoms with Crippen LogP contribution in [0.15, 0.2) is 12.3 Å². The molecular formula is C15H18N4O3. The minimum Gasteiger partial charge on any atom is -0.373 e. The fourth-order valence-electron chi connectivity index (χ4n) is 3.39. The molecule has 0 unspecified atom stereocenters. The highest BCUT2D eigenvalue weighted by Gasteiger charge is 2.45. The van der Waals surface area contributed by atoms with Crippen molar-refractivity contribution in [3.8, 4) is 0 Å². The maximum absolute atomic E-state index is 12.1. The summed E-state index contributed by atoms with van der Waals surface area (Å²) in [4.78, 5) is 27.6. The van der Waals surface area contributed by atoms with Crippen LogP contribution in [-0.2, 0) is 11.3 Å². The fraction of sp³-hybridized carbons (Fsp3) is 0.533. The summed E-state index contributed by atoms with van der Waals surface area (Å²) in [6, 6.07) is 1.58. The van der Waals surface area contributed by atoms with Crippen molar-refractivity contribution >= 4 is 17.6 Å². The molecule has 7 heteroatoms. The van der Waals surface area contributed by atoms with E-state index in [4.69, 9.17) is 4.74 Å². The van der Waals surface area contributed by atoms with E-state index in [1.54, 1.807) is 6.07 Å². The van der Waals surface area contributed by atoms with E-state index in [0.717, 1.165) is 24.8 Å². The van der Waals surface area contributed by atoms with Gasteiger partial charge in [0.2, 0.25) is 0 Å². The van der Waals surface area contributed by atoms with Gasteiger partial charge >= 0.3 is 6.03 Å². The average molecular weight is 302 g/mol. The predicted octanol–water partition coefficient (Wildman–Crippen LogP) is 1.16. The van der Waals surface area contributed by atoms with E-state index in [0.29, 0.717) is 24.5 Å². The zero-order chi connectivity index (χ0) is 15.2. The molecule has 3 N–H and O–H groups in total. The van der Waals surface area contributed by atoms with Gasteiger partial charge in [-0.3, -0.25) is 4.79 Å². The monoisotopic (exact) mass is 302 g/mol. The topological polar surface area (TPSA) is 92.4 Å². The number of aromatic nitrogens is 1. The van der Waals surface area contributed by atoms with Gasteiger partial charge in [-0.25, -0.2) is 9.78 Å². The molecule has 0 bridgehead atoms. The summed E-state index contributed by atoms with van der Waals surface area (Å²) < 4.78 is 5.81. The number of carbonyl (C=O) groups is 2. The second kappa shape index (κ2) is 4.95. The van der Waals surface area contributed by atoms with Crippen LogP contribution in [0.1, 0.15) is 41.7 Å². The quantitative estimate of drug-likeness (QED) is 0.764. The predicted molar refractivity (Wildman–Crippen MR) is 78.5 cm³/mol. The largest absolute Gasteiger partial charge is 0.373 e. The summed E-state index contributed by atoms with van der Waals surface area (Å²) in [7, 11) is 0. The van der Waals surface area contributed by atoms with Gasteiger partial charge in [-0.15, -0.1) is 0 Å². The van der Waals surface area contributed by atoms with Gasteiger partial charge in [0.15, 0.2) is 0 Å². The normalized spacial score (nSPS) is 24.5. The SMILES string of the molecule is O=C(Nc1cnc2c(c1)CNC2=O)N[C@@H]1COC2(CCC2)C1. The molecule has 3 heterocycles. The molecule has 1 spiro atoms. The second-order valence-electron chi connectivity index (χ2n) is 6.26. The van der Waals surface area contributed by atoms with Crippen LogP contribution in [0, 0.1) is 0 Å². The van der Waals surface area contributed by atoms with Crippen LogP contribution < -0.4 is 16.0 Å². The summed E-state index contributed by atoms with van der Waals surface area (Å²) >= 11 is 0. The fourth-order valence-corrected chi connectivity index (χ4v) is 3.39. The summed E-state index contributed by atoms with van der Waals surface area (Å²) in [6.45, 7) is 1.03. The molecule has 0 aromatic carbocycles. The van der Waals surface area contributed by atoms with Gasteiger partial charge in [0, 0.05) is 12.1 Å². The van der Waals surface area contributed by atoms with Crippen LogP contribution in [-0.4, -0.2) is 35.2 Å². The number of rotatable bonds is 2. The van der Waals surface area contributed by atoms with Crippen LogP contribution in [0.25, 0.3) is 0 Å². The van der Waals surface area contributed by atoms with Gasteiger partial charge in [-0.2, -0.15) is 0 Å². The number of pyridine rings is 1. The van der Waals surface area contributed by atoms with E-state index in [2.05, 4.69) is 20.9 Å². The number of urea groups is 1. The third kappa shape index (κ3) is 2.31. The average Bonchev–Trinajstić information content (AvgIpc) is 3.03. The first-order valence-electron chi connectivity index (χ1n) is 7.62. The molecule has 1 atom stereocenters. The van der Waals surface area contributed by atoms with Gasteiger partial charge in [-0.05, 0) is 31.7 Å². The van der Waals surface area contributed by atoms with E-state index < -0.39 is 0 Å². The molecular weight excluding hydrogens is 284 g/mol. The number of fused-ring (bicyclic) bond motifs is 1. The van der Waals surface area contributed by atoms with E-state index in [1.807, 2.05) is 0 Å². The van der Waals surface area contributed by atoms with E-state index in [1.165, 1.54) is 12.6 Å². The summed E-state index contributed by atoms with van der Waals surface area (Å²) in [5.74, 6) is -0.167. The highest BCUT2D eigenvalue weighted by molar-refractivity contribution is 5.97. The molecule has 2 aliphatic heterocycles. The van der Waals surface area contributed by atoms with Crippen LogP contribution in [0.3, 0.4) is 0 Å². The van der Waals surface area contributed by atoms with Gasteiger partial charge in [-0.1, -0.05) is 0 Å². The number of carbonyl (C=O) groups excluding carboxylic acids is 2. The van der Waals surface area contributed by atoms with Crippen LogP contribution in [0.4, 0.5) is 10.5 Å². The lowest BCUT2D eigenvalue weighted by Gasteiger charge is -2.37. The number of anilines is 1. The highest BCUT2D eigenvalue weighted by atomic mass is 16.5. The van der Waals surface area contributed by atoms with Gasteiger partial charge in [0.05, 0.1) is 30.1 Å². The first-order chi connectivity index (χ1) is 10.6. The Morgan fingerprint density at radius 1 is 1.45 bits per heavy atom. The first kappa shape index (κ1) is 13.5. The Labute approximate surface area is 127 Å². The Kier molecular flexibility index (Phi) is 3.04. The number of hydrogen-bond acceptors (Lipinski definition) is 4. The Morgan fingerprint density at radius 3 is 3.05 bits per heavy atom. The minimum absolute atomic E-state index is 0.0269. The second-order valence-corrected chi connectivity index (χ2v) is 6.26. The maximum atomic E-state index is 12.1. The molecule has 3 aliphatic rings. The van der Waals surface area contributed by atoms with Crippen LogP contribution in [0.2, 0.25) is 0 Å². The molecule has 22 heavy (non-hydrogen) atoms. The molecule has 1 saturated carbocycles. The highest BCUT2D eigenvalue weighted by Crippen LogP contribution is 2.43. The minimum atomic E-state index is -0.260. The molecule has 1 aromatic heterocycles. The Morgan fingerprint density at radius 2 is 2.32 bits per heavy atom. The zero-order valence-corrected chi connectivity index (χ0v) is 12.1. The first-order valence-corrected chi connectivity index (χ1v) is 7.62. The number of nitrogens with zero attached hydrogens (tertiary/aromatic N) is 1. The molecule has 0 radical (unpaired) electrons. The van der Waals surface area contributed by atoms with Crippen molar-refractivity contribution in [2.45, 2.75) is 43.9 Å². The van der Waals surface area contributed by atoms with Crippen molar-refractivity contribution in [1.29, 1.82) is 0 Å². The molecule has 4 rings (SSSR count). The molecule has 1 aromatic rings. The third-order valence-corrected chi connectivity index (χ3v) is 4.69. The Bertz CT molecular complexity index is 642. The third-order valence-electron chi connectivity index (χ3n) is 4.69. The number of ether oxygens (including phenoxy) is 1. The number of hydrogen-bond donors (Lipinski definition) is 3. The lowest BCUT2D eigenvalue weighted by Crippen LogP contribution is -2.41. The van der Waals surface area contributed by atoms with E-state index >= 15 is 0 Å². The number of amides is 3. The van der Waals surface area contributed by atoms with Crippen LogP contribution >= 0.6 is 0 Å². The summed E-state index contributed by atoms with van der Waals surface area (Å²) in [5.41, 5.74) is 1.85. The summed E-state index contributed by atoms with van der Waals surface area (Å²) in [6.07, 6.45) is 5.81. The number of nitrogens with one attached hydrogen (secondary N) is 3. The zero-order valence-electron chi connectivity index (χ0n) is 12.1. The maximum Gasteiger partial charge on any atom is 0.319 e. The van der Waals surface area contributed by atoms with Crippen molar-refractivity contribution in [2.75, 3.05) is 11.9 Å². The van der Waals surface area contributed by atoms with Gasteiger partial charge in [0.25, 0.3) is 5.91 Å². The summed E-state index contributed by atoms with van der Waals surface area (Å²) in [5, 5.41) is 8.41. The van der Waals surface area contributed by atoms with Crippen molar-refractivity contribution in [3.63, 3.8) is 0 Å². The van der Waals surface area contributed by atoms with Crippen molar-refractivity contribution in [3.05, 3.63) is 23.5 Å². The van der Waals surface area contributed by atoms with Crippen molar-refractivity contribution in [2.24, 2.45) is 0 Å². The van der Waals surface area contributed by atoms with Gasteiger partial charge < -0.3 is 20.7 Å².